The molecule has 0 saturated heterocycles. The first-order chi connectivity index (χ1) is 20.5. The van der Waals surface area contributed by atoms with Gasteiger partial charge in [-0.05, 0) is 47.7 Å². The number of aryl methyl sites for hydroxylation is 2. The third kappa shape index (κ3) is 7.47. The van der Waals surface area contributed by atoms with Gasteiger partial charge in [0, 0.05) is 30.1 Å². The first-order valence-electron chi connectivity index (χ1n) is 14.0. The summed E-state index contributed by atoms with van der Waals surface area (Å²) in [5.41, 5.74) is 5.33. The lowest BCUT2D eigenvalue weighted by atomic mass is 9.97. The Hall–Kier alpha value is -4.51. The van der Waals surface area contributed by atoms with Crippen LogP contribution in [-0.2, 0) is 29.7 Å². The molecule has 3 heterocycles. The lowest BCUT2D eigenvalue weighted by Crippen LogP contribution is -2.24. The Balaban J connectivity index is 1.22. The van der Waals surface area contributed by atoms with Gasteiger partial charge in [-0.2, -0.15) is 10.1 Å². The van der Waals surface area contributed by atoms with Crippen molar-refractivity contribution < 1.29 is 22.8 Å². The van der Waals surface area contributed by atoms with Crippen molar-refractivity contribution in [3.05, 3.63) is 101 Å². The molecule has 0 atom stereocenters. The number of aromatic nitrogens is 5. The van der Waals surface area contributed by atoms with Gasteiger partial charge in [0.2, 0.25) is 5.89 Å². The van der Waals surface area contributed by atoms with E-state index in [9.17, 15) is 13.6 Å². The Labute approximate surface area is 248 Å². The van der Waals surface area contributed by atoms with Crippen LogP contribution in [-0.4, -0.2) is 43.2 Å². The fraction of sp³-hybridized carbons (Fsp3) is 0.344. The standard InChI is InChI=1S/C32H34F2N6O3/c1-21-14-24(10-11-25(21)16-35-29(41)28-38-30(43-39-28)31(2,3)4)27-26-15-23(17-40(26)37-20-36-27)12-13-32(33,34)19-42-18-22-8-6-5-7-9-22/h5-11,14-15,17,20H,12-13,16,18-19H2,1-4H3,(H,35,41). The quantitative estimate of drug-likeness (QED) is 0.199. The zero-order valence-electron chi connectivity index (χ0n) is 24.6. The Bertz CT molecular complexity index is 1710. The number of amides is 1. The first-order valence-corrected chi connectivity index (χ1v) is 14.0. The highest BCUT2D eigenvalue weighted by Gasteiger charge is 2.29. The molecule has 5 rings (SSSR count). The van der Waals surface area contributed by atoms with E-state index in [1.165, 1.54) is 6.33 Å². The molecule has 0 spiro atoms. The second-order valence-electron chi connectivity index (χ2n) is 11.6. The number of carbonyl (C=O) groups is 1. The second-order valence-corrected chi connectivity index (χ2v) is 11.6. The van der Waals surface area contributed by atoms with Gasteiger partial charge in [0.1, 0.15) is 12.9 Å². The summed E-state index contributed by atoms with van der Waals surface area (Å²) in [6.45, 7) is 7.51. The average molecular weight is 589 g/mol. The molecule has 0 saturated carbocycles. The number of alkyl halides is 2. The Morgan fingerprint density at radius 1 is 1.07 bits per heavy atom. The van der Waals surface area contributed by atoms with Gasteiger partial charge in [-0.15, -0.1) is 0 Å². The first kappa shape index (κ1) is 30.0. The highest BCUT2D eigenvalue weighted by molar-refractivity contribution is 5.90. The van der Waals surface area contributed by atoms with Gasteiger partial charge in [-0.25, -0.2) is 18.3 Å². The SMILES string of the molecule is Cc1cc(-c2ncnn3cc(CCC(F)(F)COCc4ccccc4)cc23)ccc1CNC(=O)c1noc(C(C)(C)C)n1. The number of fused-ring (bicyclic) bond motifs is 1. The van der Waals surface area contributed by atoms with Crippen LogP contribution in [0.25, 0.3) is 16.8 Å². The Kier molecular flexibility index (Phi) is 8.63. The molecule has 11 heteroatoms. The minimum Gasteiger partial charge on any atom is -0.371 e. The van der Waals surface area contributed by atoms with E-state index in [2.05, 4.69) is 25.5 Å². The maximum atomic E-state index is 14.6. The lowest BCUT2D eigenvalue weighted by molar-refractivity contribution is -0.0862. The summed E-state index contributed by atoms with van der Waals surface area (Å²) in [7, 11) is 0. The van der Waals surface area contributed by atoms with E-state index < -0.39 is 18.4 Å². The summed E-state index contributed by atoms with van der Waals surface area (Å²) in [4.78, 5) is 21.2. The smallest absolute Gasteiger partial charge is 0.292 e. The number of hydrogen-bond acceptors (Lipinski definition) is 7. The molecule has 0 aliphatic rings. The molecule has 9 nitrogen and oxygen atoms in total. The van der Waals surface area contributed by atoms with Crippen molar-refractivity contribution in [2.75, 3.05) is 6.61 Å². The van der Waals surface area contributed by atoms with Crippen molar-refractivity contribution in [2.24, 2.45) is 0 Å². The maximum absolute atomic E-state index is 14.6. The van der Waals surface area contributed by atoms with Gasteiger partial charge in [0.15, 0.2) is 0 Å². The normalized spacial score (nSPS) is 12.1. The third-order valence-corrected chi connectivity index (χ3v) is 6.99. The molecule has 1 amide bonds. The van der Waals surface area contributed by atoms with Gasteiger partial charge < -0.3 is 14.6 Å². The van der Waals surface area contributed by atoms with Crippen LogP contribution in [0.5, 0.6) is 0 Å². The van der Waals surface area contributed by atoms with Crippen LogP contribution in [0.3, 0.4) is 0 Å². The molecule has 2 aromatic carbocycles. The molecule has 3 aromatic heterocycles. The predicted octanol–water partition coefficient (Wildman–Crippen LogP) is 6.10. The van der Waals surface area contributed by atoms with Gasteiger partial charge in [0.25, 0.3) is 17.7 Å². The molecule has 43 heavy (non-hydrogen) atoms. The number of benzene rings is 2. The number of nitrogens with one attached hydrogen (secondary N) is 1. The molecule has 224 valence electrons. The average Bonchev–Trinajstić information content (AvgIpc) is 3.64. The van der Waals surface area contributed by atoms with Gasteiger partial charge >= 0.3 is 0 Å². The number of hydrogen-bond donors (Lipinski definition) is 1. The highest BCUT2D eigenvalue weighted by atomic mass is 19.3. The molecular weight excluding hydrogens is 554 g/mol. The van der Waals surface area contributed by atoms with Crippen LogP contribution in [0.2, 0.25) is 0 Å². The summed E-state index contributed by atoms with van der Waals surface area (Å²) >= 11 is 0. The summed E-state index contributed by atoms with van der Waals surface area (Å²) < 4.78 is 41.3. The van der Waals surface area contributed by atoms with Crippen molar-refractivity contribution in [2.45, 2.75) is 65.0 Å². The van der Waals surface area contributed by atoms with Crippen LogP contribution < -0.4 is 5.32 Å². The number of carbonyl (C=O) groups excluding carboxylic acids is 1. The van der Waals surface area contributed by atoms with E-state index in [1.54, 1.807) is 10.7 Å². The van der Waals surface area contributed by atoms with Crippen molar-refractivity contribution >= 4 is 11.4 Å². The highest BCUT2D eigenvalue weighted by Crippen LogP contribution is 2.28. The van der Waals surface area contributed by atoms with Crippen LogP contribution in [0.4, 0.5) is 8.78 Å². The fourth-order valence-corrected chi connectivity index (χ4v) is 4.55. The minimum atomic E-state index is -2.96. The molecule has 0 fully saturated rings. The number of ether oxygens (including phenoxy) is 1. The minimum absolute atomic E-state index is 0.0101. The van der Waals surface area contributed by atoms with E-state index in [-0.39, 0.29) is 37.2 Å². The van der Waals surface area contributed by atoms with Gasteiger partial charge in [-0.3, -0.25) is 4.79 Å². The Morgan fingerprint density at radius 2 is 1.86 bits per heavy atom. The Morgan fingerprint density at radius 3 is 2.58 bits per heavy atom. The molecular formula is C32H34F2N6O3. The van der Waals surface area contributed by atoms with E-state index >= 15 is 0 Å². The zero-order chi connectivity index (χ0) is 30.6. The van der Waals surface area contributed by atoms with E-state index in [0.29, 0.717) is 17.1 Å². The summed E-state index contributed by atoms with van der Waals surface area (Å²) in [5, 5.41) is 10.9. The van der Waals surface area contributed by atoms with Crippen LogP contribution in [0, 0.1) is 6.92 Å². The maximum Gasteiger partial charge on any atom is 0.292 e. The van der Waals surface area contributed by atoms with Gasteiger partial charge in [0.05, 0.1) is 17.8 Å². The third-order valence-electron chi connectivity index (χ3n) is 6.99. The molecule has 0 aliphatic heterocycles. The fourth-order valence-electron chi connectivity index (χ4n) is 4.55. The van der Waals surface area contributed by atoms with Crippen molar-refractivity contribution in [1.29, 1.82) is 0 Å². The molecule has 0 radical (unpaired) electrons. The monoisotopic (exact) mass is 588 g/mol. The second kappa shape index (κ2) is 12.4. The predicted molar refractivity (Wildman–Crippen MR) is 157 cm³/mol. The van der Waals surface area contributed by atoms with Crippen molar-refractivity contribution in [3.8, 4) is 11.3 Å². The van der Waals surface area contributed by atoms with Gasteiger partial charge in [-0.1, -0.05) is 68.4 Å². The van der Waals surface area contributed by atoms with E-state index in [1.807, 2.05) is 82.3 Å². The lowest BCUT2D eigenvalue weighted by Gasteiger charge is -2.16. The molecule has 0 unspecified atom stereocenters. The molecule has 0 aliphatic carbocycles. The molecule has 1 N–H and O–H groups in total. The number of halogens is 2. The van der Waals surface area contributed by atoms with Crippen LogP contribution in [0.15, 0.2) is 71.6 Å². The van der Waals surface area contributed by atoms with Crippen LogP contribution in [0.1, 0.15) is 66.0 Å². The van der Waals surface area contributed by atoms with E-state index in [0.717, 1.165) is 27.8 Å². The zero-order valence-corrected chi connectivity index (χ0v) is 24.6. The number of nitrogens with zero attached hydrogens (tertiary/aromatic N) is 5. The molecule has 5 aromatic rings. The summed E-state index contributed by atoms with van der Waals surface area (Å²) in [6, 6.07) is 16.9. The summed E-state index contributed by atoms with van der Waals surface area (Å²) in [5.74, 6) is -3.00. The van der Waals surface area contributed by atoms with Crippen molar-refractivity contribution in [3.63, 3.8) is 0 Å². The van der Waals surface area contributed by atoms with Crippen LogP contribution >= 0.6 is 0 Å². The topological polar surface area (TPSA) is 107 Å². The largest absolute Gasteiger partial charge is 0.371 e. The van der Waals surface area contributed by atoms with Crippen molar-refractivity contribution in [1.82, 2.24) is 30.1 Å². The number of rotatable bonds is 11. The summed E-state index contributed by atoms with van der Waals surface area (Å²) in [6.07, 6.45) is 3.02. The molecule has 0 bridgehead atoms. The van der Waals surface area contributed by atoms with E-state index in [4.69, 9.17) is 9.26 Å².